The first-order chi connectivity index (χ1) is 7.27. The largest absolute Gasteiger partial charge is 0.309 e. The summed E-state index contributed by atoms with van der Waals surface area (Å²) in [6, 6.07) is 0.456. The van der Waals surface area contributed by atoms with Crippen molar-refractivity contribution in [2.45, 2.75) is 52.5 Å². The number of thiazole rings is 1. The van der Waals surface area contributed by atoms with Gasteiger partial charge in [0.1, 0.15) is 0 Å². The van der Waals surface area contributed by atoms with Gasteiger partial charge in [-0.15, -0.1) is 11.3 Å². The van der Waals surface area contributed by atoms with Crippen molar-refractivity contribution in [3.8, 4) is 0 Å². The van der Waals surface area contributed by atoms with Gasteiger partial charge in [0, 0.05) is 17.1 Å². The number of nitrogens with one attached hydrogen (secondary N) is 1. The second kappa shape index (κ2) is 6.96. The summed E-state index contributed by atoms with van der Waals surface area (Å²) < 4.78 is 0. The van der Waals surface area contributed by atoms with E-state index in [0.717, 1.165) is 13.0 Å². The van der Waals surface area contributed by atoms with Crippen molar-refractivity contribution in [2.75, 3.05) is 6.54 Å². The van der Waals surface area contributed by atoms with Gasteiger partial charge in [-0.2, -0.15) is 0 Å². The van der Waals surface area contributed by atoms with Crippen LogP contribution in [0.3, 0.4) is 0 Å². The summed E-state index contributed by atoms with van der Waals surface area (Å²) in [5.41, 5.74) is 0. The summed E-state index contributed by atoms with van der Waals surface area (Å²) in [5, 5.41) is 4.78. The average Bonchev–Trinajstić information content (AvgIpc) is 2.71. The first-order valence-corrected chi connectivity index (χ1v) is 6.77. The van der Waals surface area contributed by atoms with Crippen molar-refractivity contribution in [1.82, 2.24) is 10.3 Å². The van der Waals surface area contributed by atoms with Crippen molar-refractivity contribution in [1.29, 1.82) is 0 Å². The number of aryl methyl sites for hydroxylation is 1. The number of rotatable bonds is 7. The quantitative estimate of drug-likeness (QED) is 0.769. The number of hydrogen-bond donors (Lipinski definition) is 1. The molecule has 1 N–H and O–H groups in total. The third-order valence-corrected chi connectivity index (χ3v) is 3.68. The van der Waals surface area contributed by atoms with Crippen LogP contribution in [0.25, 0.3) is 0 Å². The Hall–Kier alpha value is -0.410. The normalized spacial score (nSPS) is 13.0. The molecule has 1 atom stereocenters. The SMILES string of the molecule is CCCCc1ncc(C(C)NCCC)s1. The van der Waals surface area contributed by atoms with E-state index in [1.807, 2.05) is 17.5 Å². The molecule has 0 aliphatic rings. The van der Waals surface area contributed by atoms with Crippen molar-refractivity contribution >= 4 is 11.3 Å². The Labute approximate surface area is 97.1 Å². The lowest BCUT2D eigenvalue weighted by Crippen LogP contribution is -2.18. The molecule has 0 spiro atoms. The average molecular weight is 226 g/mol. The van der Waals surface area contributed by atoms with E-state index >= 15 is 0 Å². The molecule has 1 heterocycles. The zero-order valence-electron chi connectivity index (χ0n) is 10.0. The molecular formula is C12H22N2S. The molecule has 1 rings (SSSR count). The molecule has 0 bridgehead atoms. The van der Waals surface area contributed by atoms with Gasteiger partial charge in [-0.05, 0) is 32.7 Å². The van der Waals surface area contributed by atoms with Crippen molar-refractivity contribution in [3.05, 3.63) is 16.1 Å². The summed E-state index contributed by atoms with van der Waals surface area (Å²) in [6.45, 7) is 7.72. The monoisotopic (exact) mass is 226 g/mol. The minimum atomic E-state index is 0.456. The van der Waals surface area contributed by atoms with Gasteiger partial charge in [-0.1, -0.05) is 20.3 Å². The lowest BCUT2D eigenvalue weighted by atomic mass is 10.3. The fourth-order valence-electron chi connectivity index (χ4n) is 1.43. The highest BCUT2D eigenvalue weighted by Crippen LogP contribution is 2.21. The molecule has 0 aromatic carbocycles. The van der Waals surface area contributed by atoms with Crippen LogP contribution < -0.4 is 5.32 Å². The number of nitrogens with zero attached hydrogens (tertiary/aromatic N) is 1. The Morgan fingerprint density at radius 2 is 2.20 bits per heavy atom. The van der Waals surface area contributed by atoms with E-state index in [4.69, 9.17) is 0 Å². The van der Waals surface area contributed by atoms with E-state index in [1.54, 1.807) is 0 Å². The molecule has 1 aromatic heterocycles. The molecule has 0 aliphatic heterocycles. The zero-order chi connectivity index (χ0) is 11.1. The van der Waals surface area contributed by atoms with Crippen LogP contribution in [-0.4, -0.2) is 11.5 Å². The second-order valence-electron chi connectivity index (χ2n) is 3.94. The molecular weight excluding hydrogens is 204 g/mol. The van der Waals surface area contributed by atoms with E-state index in [2.05, 4.69) is 31.1 Å². The topological polar surface area (TPSA) is 24.9 Å². The highest BCUT2D eigenvalue weighted by atomic mass is 32.1. The fourth-order valence-corrected chi connectivity index (χ4v) is 2.42. The lowest BCUT2D eigenvalue weighted by molar-refractivity contribution is 0.577. The molecule has 86 valence electrons. The number of hydrogen-bond acceptors (Lipinski definition) is 3. The van der Waals surface area contributed by atoms with Crippen LogP contribution in [0.15, 0.2) is 6.20 Å². The third kappa shape index (κ3) is 4.31. The van der Waals surface area contributed by atoms with Crippen molar-refractivity contribution < 1.29 is 0 Å². The Morgan fingerprint density at radius 3 is 2.87 bits per heavy atom. The second-order valence-corrected chi connectivity index (χ2v) is 5.08. The molecule has 0 saturated heterocycles. The Balaban J connectivity index is 2.43. The number of unbranched alkanes of at least 4 members (excludes halogenated alkanes) is 1. The standard InChI is InChI=1S/C12H22N2S/c1-4-6-7-12-14-9-11(15-12)10(3)13-8-5-2/h9-10,13H,4-8H2,1-3H3. The van der Waals surface area contributed by atoms with Gasteiger partial charge in [0.2, 0.25) is 0 Å². The van der Waals surface area contributed by atoms with Crippen LogP contribution in [0, 0.1) is 0 Å². The maximum absolute atomic E-state index is 4.46. The molecule has 2 nitrogen and oxygen atoms in total. The van der Waals surface area contributed by atoms with Crippen LogP contribution in [0.1, 0.15) is 56.0 Å². The predicted molar refractivity (Wildman–Crippen MR) is 67.4 cm³/mol. The van der Waals surface area contributed by atoms with E-state index in [-0.39, 0.29) is 0 Å². The van der Waals surface area contributed by atoms with Gasteiger partial charge in [0.15, 0.2) is 0 Å². The molecule has 0 saturated carbocycles. The maximum atomic E-state index is 4.46. The molecule has 0 radical (unpaired) electrons. The van der Waals surface area contributed by atoms with Gasteiger partial charge in [-0.25, -0.2) is 4.98 Å². The third-order valence-electron chi connectivity index (χ3n) is 2.44. The lowest BCUT2D eigenvalue weighted by Gasteiger charge is -2.09. The van der Waals surface area contributed by atoms with Crippen LogP contribution in [0.5, 0.6) is 0 Å². The maximum Gasteiger partial charge on any atom is 0.0928 e. The Kier molecular flexibility index (Phi) is 5.88. The molecule has 0 amide bonds. The van der Waals surface area contributed by atoms with Gasteiger partial charge < -0.3 is 5.32 Å². The van der Waals surface area contributed by atoms with Crippen LogP contribution in [-0.2, 0) is 6.42 Å². The highest BCUT2D eigenvalue weighted by molar-refractivity contribution is 7.11. The van der Waals surface area contributed by atoms with Gasteiger partial charge >= 0.3 is 0 Å². The van der Waals surface area contributed by atoms with Gasteiger partial charge in [-0.3, -0.25) is 0 Å². The van der Waals surface area contributed by atoms with Crippen molar-refractivity contribution in [2.24, 2.45) is 0 Å². The highest BCUT2D eigenvalue weighted by Gasteiger charge is 2.08. The molecule has 0 fully saturated rings. The first-order valence-electron chi connectivity index (χ1n) is 5.95. The molecule has 1 unspecified atom stereocenters. The molecule has 0 aliphatic carbocycles. The van der Waals surface area contributed by atoms with E-state index < -0.39 is 0 Å². The van der Waals surface area contributed by atoms with Crippen LogP contribution in [0.2, 0.25) is 0 Å². The van der Waals surface area contributed by atoms with Crippen LogP contribution >= 0.6 is 11.3 Å². The number of aromatic nitrogens is 1. The van der Waals surface area contributed by atoms with E-state index in [0.29, 0.717) is 6.04 Å². The fraction of sp³-hybridized carbons (Fsp3) is 0.750. The Bertz CT molecular complexity index is 270. The summed E-state index contributed by atoms with van der Waals surface area (Å²) in [4.78, 5) is 5.83. The van der Waals surface area contributed by atoms with Gasteiger partial charge in [0.05, 0.1) is 5.01 Å². The molecule has 15 heavy (non-hydrogen) atoms. The Morgan fingerprint density at radius 1 is 1.40 bits per heavy atom. The summed E-state index contributed by atoms with van der Waals surface area (Å²) in [7, 11) is 0. The zero-order valence-corrected chi connectivity index (χ0v) is 10.9. The summed E-state index contributed by atoms with van der Waals surface area (Å²) >= 11 is 1.86. The molecule has 3 heteroatoms. The summed E-state index contributed by atoms with van der Waals surface area (Å²) in [6.07, 6.45) is 6.86. The van der Waals surface area contributed by atoms with Crippen molar-refractivity contribution in [3.63, 3.8) is 0 Å². The van der Waals surface area contributed by atoms with E-state index in [9.17, 15) is 0 Å². The predicted octanol–water partition coefficient (Wildman–Crippen LogP) is 3.55. The molecule has 1 aromatic rings. The van der Waals surface area contributed by atoms with Crippen LogP contribution in [0.4, 0.5) is 0 Å². The summed E-state index contributed by atoms with van der Waals surface area (Å²) in [5.74, 6) is 0. The smallest absolute Gasteiger partial charge is 0.0928 e. The first kappa shape index (κ1) is 12.7. The van der Waals surface area contributed by atoms with Gasteiger partial charge in [0.25, 0.3) is 0 Å². The minimum Gasteiger partial charge on any atom is -0.309 e. The van der Waals surface area contributed by atoms with E-state index in [1.165, 1.54) is 29.1 Å². The minimum absolute atomic E-state index is 0.456.